The molecule has 6 nitrogen and oxygen atoms in total. The first-order valence-corrected chi connectivity index (χ1v) is 6.11. The van der Waals surface area contributed by atoms with Crippen LogP contribution in [0.5, 0.6) is 0 Å². The maximum absolute atomic E-state index is 12.1. The number of aromatic amines is 1. The summed E-state index contributed by atoms with van der Waals surface area (Å²) in [5.74, 6) is 1.16. The Kier molecular flexibility index (Phi) is 3.59. The van der Waals surface area contributed by atoms with E-state index in [1.54, 1.807) is 12.1 Å². The van der Waals surface area contributed by atoms with Gasteiger partial charge in [0.15, 0.2) is 5.82 Å². The molecular formula is C13H17N5O. The van der Waals surface area contributed by atoms with Crippen molar-refractivity contribution in [1.29, 1.82) is 0 Å². The number of nitrogens with zero attached hydrogens (tertiary/aromatic N) is 3. The minimum absolute atomic E-state index is 0.149. The van der Waals surface area contributed by atoms with Crippen LogP contribution in [0, 0.1) is 20.8 Å². The third-order valence-electron chi connectivity index (χ3n) is 2.69. The Morgan fingerprint density at radius 2 is 1.84 bits per heavy atom. The zero-order valence-electron chi connectivity index (χ0n) is 11.5. The lowest BCUT2D eigenvalue weighted by Crippen LogP contribution is -2.27. The van der Waals surface area contributed by atoms with Crippen molar-refractivity contribution in [3.63, 3.8) is 0 Å². The lowest BCUT2D eigenvalue weighted by Gasteiger charge is -2.11. The minimum atomic E-state index is -0.244. The molecule has 0 radical (unpaired) electrons. The Morgan fingerprint density at radius 1 is 1.21 bits per heavy atom. The zero-order chi connectivity index (χ0) is 14.0. The van der Waals surface area contributed by atoms with Gasteiger partial charge in [-0.15, -0.1) is 0 Å². The lowest BCUT2D eigenvalue weighted by molar-refractivity contribution is 0.0938. The molecule has 0 spiro atoms. The normalized spacial score (nSPS) is 12.2. The molecule has 0 aromatic carbocycles. The standard InChI is InChI=1S/C13H17N5O/c1-7-5-11(6-8(2)14-7)13(19)15-9(3)12-16-10(4)17-18-12/h5-6,9H,1-4H3,(H,15,19)(H,16,17,18)/t9-/m0/s1. The number of aromatic nitrogens is 4. The van der Waals surface area contributed by atoms with Crippen molar-refractivity contribution in [1.82, 2.24) is 25.5 Å². The summed E-state index contributed by atoms with van der Waals surface area (Å²) >= 11 is 0. The molecule has 2 aromatic heterocycles. The van der Waals surface area contributed by atoms with Gasteiger partial charge in [0.1, 0.15) is 5.82 Å². The van der Waals surface area contributed by atoms with E-state index in [1.165, 1.54) is 0 Å². The summed E-state index contributed by atoms with van der Waals surface area (Å²) in [7, 11) is 0. The summed E-state index contributed by atoms with van der Waals surface area (Å²) < 4.78 is 0. The second-order valence-corrected chi connectivity index (χ2v) is 4.61. The van der Waals surface area contributed by atoms with Crippen LogP contribution in [-0.2, 0) is 0 Å². The van der Waals surface area contributed by atoms with E-state index in [0.717, 1.165) is 17.2 Å². The summed E-state index contributed by atoms with van der Waals surface area (Å²) in [5.41, 5.74) is 2.25. The molecule has 0 unspecified atom stereocenters. The highest BCUT2D eigenvalue weighted by molar-refractivity contribution is 5.94. The number of aryl methyl sites for hydroxylation is 3. The predicted octanol–water partition coefficient (Wildman–Crippen LogP) is 1.62. The summed E-state index contributed by atoms with van der Waals surface area (Å²) in [5, 5.41) is 9.66. The number of hydrogen-bond acceptors (Lipinski definition) is 4. The quantitative estimate of drug-likeness (QED) is 0.877. The second kappa shape index (κ2) is 5.17. The largest absolute Gasteiger partial charge is 0.342 e. The van der Waals surface area contributed by atoms with E-state index in [1.807, 2.05) is 27.7 Å². The molecule has 0 aliphatic heterocycles. The molecule has 2 rings (SSSR count). The fourth-order valence-corrected chi connectivity index (χ4v) is 1.86. The summed E-state index contributed by atoms with van der Waals surface area (Å²) in [6.07, 6.45) is 0. The van der Waals surface area contributed by atoms with Crippen molar-refractivity contribution in [2.75, 3.05) is 0 Å². The molecule has 0 saturated carbocycles. The molecule has 0 aliphatic carbocycles. The number of amides is 1. The number of H-pyrrole nitrogens is 1. The van der Waals surface area contributed by atoms with Crippen LogP contribution in [0.4, 0.5) is 0 Å². The smallest absolute Gasteiger partial charge is 0.251 e. The number of nitrogens with one attached hydrogen (secondary N) is 2. The van der Waals surface area contributed by atoms with Crippen molar-refractivity contribution in [2.24, 2.45) is 0 Å². The average Bonchev–Trinajstić information content (AvgIpc) is 2.74. The molecule has 0 fully saturated rings. The first-order chi connectivity index (χ1) is 8.95. The number of carbonyl (C=O) groups is 1. The second-order valence-electron chi connectivity index (χ2n) is 4.61. The topological polar surface area (TPSA) is 83.6 Å². The van der Waals surface area contributed by atoms with Gasteiger partial charge in [-0.25, -0.2) is 4.98 Å². The molecule has 0 aliphatic rings. The summed E-state index contributed by atoms with van der Waals surface area (Å²) in [6, 6.07) is 3.28. The molecule has 1 amide bonds. The highest BCUT2D eigenvalue weighted by atomic mass is 16.1. The number of pyridine rings is 1. The predicted molar refractivity (Wildman–Crippen MR) is 70.7 cm³/mol. The van der Waals surface area contributed by atoms with Crippen molar-refractivity contribution in [3.05, 3.63) is 40.7 Å². The highest BCUT2D eigenvalue weighted by Gasteiger charge is 2.15. The van der Waals surface area contributed by atoms with Crippen LogP contribution >= 0.6 is 0 Å². The monoisotopic (exact) mass is 259 g/mol. The van der Waals surface area contributed by atoms with Crippen LogP contribution in [0.25, 0.3) is 0 Å². The Balaban J connectivity index is 2.12. The van der Waals surface area contributed by atoms with Gasteiger partial charge in [0, 0.05) is 17.0 Å². The molecule has 6 heteroatoms. The molecule has 0 bridgehead atoms. The molecule has 1 atom stereocenters. The Bertz CT molecular complexity index is 585. The average molecular weight is 259 g/mol. The van der Waals surface area contributed by atoms with Gasteiger partial charge in [-0.05, 0) is 39.8 Å². The van der Waals surface area contributed by atoms with Gasteiger partial charge in [-0.3, -0.25) is 14.9 Å². The zero-order valence-corrected chi connectivity index (χ0v) is 11.5. The van der Waals surface area contributed by atoms with Crippen molar-refractivity contribution in [2.45, 2.75) is 33.7 Å². The minimum Gasteiger partial charge on any atom is -0.342 e. The van der Waals surface area contributed by atoms with Gasteiger partial charge in [0.05, 0.1) is 6.04 Å². The van der Waals surface area contributed by atoms with Gasteiger partial charge in [-0.1, -0.05) is 0 Å². The molecule has 2 N–H and O–H groups in total. The lowest BCUT2D eigenvalue weighted by atomic mass is 10.1. The van der Waals surface area contributed by atoms with Gasteiger partial charge >= 0.3 is 0 Å². The molecule has 2 heterocycles. The van der Waals surface area contributed by atoms with E-state index in [-0.39, 0.29) is 11.9 Å². The Hall–Kier alpha value is -2.24. The van der Waals surface area contributed by atoms with Crippen molar-refractivity contribution in [3.8, 4) is 0 Å². The van der Waals surface area contributed by atoms with Crippen LogP contribution in [0.3, 0.4) is 0 Å². The van der Waals surface area contributed by atoms with Crippen LogP contribution in [0.15, 0.2) is 12.1 Å². The first kappa shape index (κ1) is 13.2. The van der Waals surface area contributed by atoms with Gasteiger partial charge < -0.3 is 5.32 Å². The highest BCUT2D eigenvalue weighted by Crippen LogP contribution is 2.10. The first-order valence-electron chi connectivity index (χ1n) is 6.11. The van der Waals surface area contributed by atoms with Gasteiger partial charge in [0.25, 0.3) is 5.91 Å². The Labute approximate surface area is 111 Å². The van der Waals surface area contributed by atoms with Gasteiger partial charge in [0.2, 0.25) is 0 Å². The molecule has 0 saturated heterocycles. The fraction of sp³-hybridized carbons (Fsp3) is 0.385. The summed E-state index contributed by atoms with van der Waals surface area (Å²) in [4.78, 5) is 20.6. The Morgan fingerprint density at radius 3 is 2.37 bits per heavy atom. The van der Waals surface area contributed by atoms with Crippen molar-refractivity contribution < 1.29 is 4.79 Å². The van der Waals surface area contributed by atoms with Crippen LogP contribution < -0.4 is 5.32 Å². The van der Waals surface area contributed by atoms with Crippen LogP contribution in [0.2, 0.25) is 0 Å². The van der Waals surface area contributed by atoms with E-state index in [4.69, 9.17) is 0 Å². The van der Waals surface area contributed by atoms with E-state index in [0.29, 0.717) is 11.4 Å². The van der Waals surface area contributed by atoms with E-state index >= 15 is 0 Å². The molecule has 100 valence electrons. The maximum atomic E-state index is 12.1. The van der Waals surface area contributed by atoms with Crippen LogP contribution in [0.1, 0.15) is 46.4 Å². The summed E-state index contributed by atoms with van der Waals surface area (Å²) in [6.45, 7) is 7.40. The molecular weight excluding hydrogens is 242 g/mol. The molecule has 19 heavy (non-hydrogen) atoms. The van der Waals surface area contributed by atoms with E-state index < -0.39 is 0 Å². The number of hydrogen-bond donors (Lipinski definition) is 2. The van der Waals surface area contributed by atoms with E-state index in [2.05, 4.69) is 25.5 Å². The van der Waals surface area contributed by atoms with Gasteiger partial charge in [-0.2, -0.15) is 5.10 Å². The fourth-order valence-electron chi connectivity index (χ4n) is 1.86. The van der Waals surface area contributed by atoms with E-state index in [9.17, 15) is 4.79 Å². The molecule has 2 aromatic rings. The SMILES string of the molecule is Cc1cc(C(=O)N[C@@H](C)c2n[nH]c(C)n2)cc(C)n1. The number of carbonyl (C=O) groups excluding carboxylic acids is 1. The third kappa shape index (κ3) is 3.15. The maximum Gasteiger partial charge on any atom is 0.251 e. The van der Waals surface area contributed by atoms with Crippen LogP contribution in [-0.4, -0.2) is 26.1 Å². The van der Waals surface area contributed by atoms with Crippen molar-refractivity contribution >= 4 is 5.91 Å². The third-order valence-corrected chi connectivity index (χ3v) is 2.69. The number of rotatable bonds is 3.